The van der Waals surface area contributed by atoms with Crippen molar-refractivity contribution in [3.63, 3.8) is 0 Å². The van der Waals surface area contributed by atoms with Gasteiger partial charge in [-0.25, -0.2) is 0 Å². The van der Waals surface area contributed by atoms with Crippen LogP contribution in [0.2, 0.25) is 0 Å². The minimum absolute atomic E-state index is 0.0404. The Morgan fingerprint density at radius 1 is 1.08 bits per heavy atom. The molecule has 4 fully saturated rings. The number of carbonyl (C=O) groups is 2. The van der Waals surface area contributed by atoms with Crippen molar-refractivity contribution in [2.75, 3.05) is 0 Å². The molecule has 24 heavy (non-hydrogen) atoms. The third-order valence-corrected chi connectivity index (χ3v) is 8.52. The van der Waals surface area contributed by atoms with Crippen molar-refractivity contribution in [1.82, 2.24) is 0 Å². The van der Waals surface area contributed by atoms with Crippen LogP contribution < -0.4 is 0 Å². The Hall–Kier alpha value is -0.860. The molecule has 0 spiro atoms. The van der Waals surface area contributed by atoms with E-state index < -0.39 is 0 Å². The largest absolute Gasteiger partial charge is 0.463 e. The lowest BCUT2D eigenvalue weighted by atomic mass is 9.45. The molecule has 134 valence electrons. The van der Waals surface area contributed by atoms with Gasteiger partial charge in [-0.15, -0.1) is 0 Å². The maximum Gasteiger partial charge on any atom is 0.302 e. The number of carbonyl (C=O) groups excluding carboxylic acids is 2. The highest BCUT2D eigenvalue weighted by molar-refractivity contribution is 5.83. The van der Waals surface area contributed by atoms with Crippen LogP contribution in [-0.4, -0.2) is 17.9 Å². The smallest absolute Gasteiger partial charge is 0.302 e. The molecule has 4 saturated carbocycles. The zero-order valence-electron chi connectivity index (χ0n) is 15.5. The first-order valence-electron chi connectivity index (χ1n) is 10.0. The molecule has 4 aliphatic rings. The number of ether oxygens (including phenoxy) is 1. The van der Waals surface area contributed by atoms with Gasteiger partial charge in [0.25, 0.3) is 0 Å². The molecule has 0 aromatic rings. The van der Waals surface area contributed by atoms with Crippen molar-refractivity contribution in [3.8, 4) is 0 Å². The second-order valence-electron chi connectivity index (χ2n) is 9.70. The summed E-state index contributed by atoms with van der Waals surface area (Å²) in [7, 11) is 0. The van der Waals surface area contributed by atoms with Gasteiger partial charge in [0.1, 0.15) is 11.9 Å². The van der Waals surface area contributed by atoms with Gasteiger partial charge in [0.05, 0.1) is 0 Å². The van der Waals surface area contributed by atoms with Crippen LogP contribution in [0.3, 0.4) is 0 Å². The second-order valence-corrected chi connectivity index (χ2v) is 9.70. The van der Waals surface area contributed by atoms with Gasteiger partial charge in [0.2, 0.25) is 0 Å². The average Bonchev–Trinajstić information content (AvgIpc) is 2.90. The molecule has 0 unspecified atom stereocenters. The standard InChI is InChI=1S/C21H32O3/c1-13(22)24-14-6-10-21(3)17-7-9-20(2)8-4-5-16(20)15(17)12-19(23)18(21)11-14/h14-18H,4-12H2,1-3H3/t14-,15+,16+,17+,18-,20+,21-/m1/s1. The van der Waals surface area contributed by atoms with Gasteiger partial charge in [0.15, 0.2) is 0 Å². The summed E-state index contributed by atoms with van der Waals surface area (Å²) in [5, 5.41) is 0. The first-order chi connectivity index (χ1) is 11.3. The molecule has 0 aromatic carbocycles. The maximum absolute atomic E-state index is 13.1. The minimum atomic E-state index is -0.205. The molecule has 0 aliphatic heterocycles. The van der Waals surface area contributed by atoms with Crippen LogP contribution in [0.4, 0.5) is 0 Å². The van der Waals surface area contributed by atoms with Crippen LogP contribution in [0.25, 0.3) is 0 Å². The Balaban J connectivity index is 1.59. The lowest BCUT2D eigenvalue weighted by Gasteiger charge is -2.59. The molecule has 0 bridgehead atoms. The molecular formula is C21H32O3. The summed E-state index contributed by atoms with van der Waals surface area (Å²) in [5.41, 5.74) is 0.639. The third-order valence-electron chi connectivity index (χ3n) is 8.52. The molecule has 7 atom stereocenters. The summed E-state index contributed by atoms with van der Waals surface area (Å²) in [6, 6.07) is 0. The lowest BCUT2D eigenvalue weighted by Crippen LogP contribution is -2.56. The van der Waals surface area contributed by atoms with E-state index in [0.717, 1.165) is 31.6 Å². The first kappa shape index (κ1) is 16.6. The highest BCUT2D eigenvalue weighted by Crippen LogP contribution is 2.65. The minimum Gasteiger partial charge on any atom is -0.463 e. The summed E-state index contributed by atoms with van der Waals surface area (Å²) in [4.78, 5) is 24.4. The number of rotatable bonds is 1. The Morgan fingerprint density at radius 3 is 2.62 bits per heavy atom. The van der Waals surface area contributed by atoms with Crippen molar-refractivity contribution in [2.24, 2.45) is 34.5 Å². The molecule has 0 radical (unpaired) electrons. The predicted octanol–water partition coefficient (Wildman–Crippen LogP) is 4.53. The lowest BCUT2D eigenvalue weighted by molar-refractivity contribution is -0.167. The molecule has 4 rings (SSSR count). The van der Waals surface area contributed by atoms with Gasteiger partial charge >= 0.3 is 5.97 Å². The van der Waals surface area contributed by atoms with Crippen molar-refractivity contribution in [1.29, 1.82) is 0 Å². The monoisotopic (exact) mass is 332 g/mol. The van der Waals surface area contributed by atoms with Gasteiger partial charge in [-0.1, -0.05) is 20.3 Å². The summed E-state index contributed by atoms with van der Waals surface area (Å²) in [6.45, 7) is 6.35. The van der Waals surface area contributed by atoms with Gasteiger partial charge in [0, 0.05) is 19.3 Å². The number of Topliss-reactive ketones (excluding diaryl/α,β-unsaturated/α-hetero) is 1. The summed E-state index contributed by atoms with van der Waals surface area (Å²) in [5.74, 6) is 2.46. The van der Waals surface area contributed by atoms with Crippen molar-refractivity contribution in [2.45, 2.75) is 84.7 Å². The van der Waals surface area contributed by atoms with Crippen LogP contribution in [0, 0.1) is 34.5 Å². The highest BCUT2D eigenvalue weighted by atomic mass is 16.5. The van der Waals surface area contributed by atoms with E-state index in [1.807, 2.05) is 0 Å². The quantitative estimate of drug-likeness (QED) is 0.663. The molecule has 0 saturated heterocycles. The number of hydrogen-bond acceptors (Lipinski definition) is 3. The first-order valence-corrected chi connectivity index (χ1v) is 10.0. The maximum atomic E-state index is 13.1. The van der Waals surface area contributed by atoms with Crippen LogP contribution >= 0.6 is 0 Å². The SMILES string of the molecule is CC(=O)O[C@@H]1CC[C@@]2(C)[C@H](C1)C(=O)C[C@H]1[C@@H]3CCC[C@@]3(C)CC[C@@H]12. The van der Waals surface area contributed by atoms with Gasteiger partial charge in [-0.2, -0.15) is 0 Å². The highest BCUT2D eigenvalue weighted by Gasteiger charge is 2.60. The third kappa shape index (κ3) is 2.37. The molecule has 3 nitrogen and oxygen atoms in total. The number of hydrogen-bond donors (Lipinski definition) is 0. The van der Waals surface area contributed by atoms with Crippen LogP contribution in [0.1, 0.15) is 78.6 Å². The van der Waals surface area contributed by atoms with Crippen LogP contribution in [-0.2, 0) is 14.3 Å². The van der Waals surface area contributed by atoms with Crippen LogP contribution in [0.5, 0.6) is 0 Å². The fraction of sp³-hybridized carbons (Fsp3) is 0.905. The summed E-state index contributed by atoms with van der Waals surface area (Å²) in [6.07, 6.45) is 10.2. The summed E-state index contributed by atoms with van der Waals surface area (Å²) >= 11 is 0. The molecule has 0 heterocycles. The predicted molar refractivity (Wildman–Crippen MR) is 92.3 cm³/mol. The van der Waals surface area contributed by atoms with E-state index in [2.05, 4.69) is 13.8 Å². The summed E-state index contributed by atoms with van der Waals surface area (Å²) < 4.78 is 5.46. The van der Waals surface area contributed by atoms with E-state index >= 15 is 0 Å². The Kier molecular flexibility index (Phi) is 3.85. The zero-order valence-corrected chi connectivity index (χ0v) is 15.5. The molecule has 0 aromatic heterocycles. The Bertz CT molecular complexity index is 555. The van der Waals surface area contributed by atoms with E-state index in [0.29, 0.717) is 23.0 Å². The van der Waals surface area contributed by atoms with Crippen LogP contribution in [0.15, 0.2) is 0 Å². The number of fused-ring (bicyclic) bond motifs is 5. The number of ketones is 1. The van der Waals surface area contributed by atoms with E-state index in [9.17, 15) is 9.59 Å². The van der Waals surface area contributed by atoms with E-state index in [1.54, 1.807) is 0 Å². The number of esters is 1. The van der Waals surface area contributed by atoms with Gasteiger partial charge in [-0.05, 0) is 73.5 Å². The molecule has 3 heteroatoms. The topological polar surface area (TPSA) is 43.4 Å². The molecule has 0 N–H and O–H groups in total. The molecule has 4 aliphatic carbocycles. The Morgan fingerprint density at radius 2 is 1.88 bits per heavy atom. The van der Waals surface area contributed by atoms with E-state index in [-0.39, 0.29) is 23.4 Å². The van der Waals surface area contributed by atoms with E-state index in [1.165, 1.54) is 39.0 Å². The normalized spacial score (nSPS) is 50.6. The molecule has 0 amide bonds. The van der Waals surface area contributed by atoms with E-state index in [4.69, 9.17) is 4.74 Å². The average molecular weight is 332 g/mol. The zero-order chi connectivity index (χ0) is 17.1. The van der Waals surface area contributed by atoms with Crippen molar-refractivity contribution in [3.05, 3.63) is 0 Å². The fourth-order valence-electron chi connectivity index (χ4n) is 7.34. The van der Waals surface area contributed by atoms with Crippen molar-refractivity contribution >= 4 is 11.8 Å². The van der Waals surface area contributed by atoms with Gasteiger partial charge < -0.3 is 4.74 Å². The Labute approximate surface area is 145 Å². The second kappa shape index (κ2) is 5.57. The fourth-order valence-corrected chi connectivity index (χ4v) is 7.34. The van der Waals surface area contributed by atoms with Crippen molar-refractivity contribution < 1.29 is 14.3 Å². The van der Waals surface area contributed by atoms with Gasteiger partial charge in [-0.3, -0.25) is 9.59 Å². The molecular weight excluding hydrogens is 300 g/mol.